The Morgan fingerprint density at radius 2 is 1.75 bits per heavy atom. The van der Waals surface area contributed by atoms with E-state index < -0.39 is 0 Å². The number of methoxy groups -OCH3 is 1. The molecule has 5 heteroatoms. The molecular weight excluding hydrogens is 366 g/mol. The average Bonchev–Trinajstić information content (AvgIpc) is 2.63. The van der Waals surface area contributed by atoms with Gasteiger partial charge in [-0.2, -0.15) is 0 Å². The Hall–Kier alpha value is -0.620. The molecule has 0 spiro atoms. The number of hydrogen-bond donors (Lipinski definition) is 3. The van der Waals surface area contributed by atoms with E-state index in [2.05, 4.69) is 41.1 Å². The number of benzene rings is 1. The van der Waals surface area contributed by atoms with Crippen LogP contribution in [0.15, 0.2) is 22.7 Å². The fourth-order valence-electron chi connectivity index (χ4n) is 4.45. The zero-order chi connectivity index (χ0) is 16.9. The van der Waals surface area contributed by atoms with Gasteiger partial charge in [0.25, 0.3) is 0 Å². The highest BCUT2D eigenvalue weighted by molar-refractivity contribution is 9.10. The lowest BCUT2D eigenvalue weighted by molar-refractivity contribution is -1.03. The second kappa shape index (κ2) is 8.65. The van der Waals surface area contributed by atoms with Gasteiger partial charge in [0.2, 0.25) is 0 Å². The van der Waals surface area contributed by atoms with Gasteiger partial charge in [0.05, 0.1) is 32.8 Å². The molecule has 2 fully saturated rings. The van der Waals surface area contributed by atoms with E-state index in [9.17, 15) is 0 Å². The molecule has 4 nitrogen and oxygen atoms in total. The maximum absolute atomic E-state index is 5.54. The first kappa shape index (κ1) is 18.2. The van der Waals surface area contributed by atoms with Crippen LogP contribution in [0, 0.1) is 0 Å². The van der Waals surface area contributed by atoms with Crippen molar-refractivity contribution >= 4 is 15.9 Å². The minimum absolute atomic E-state index is 0.900. The number of ether oxygens (including phenoxy) is 1. The number of piperidine rings is 1. The number of rotatable bonds is 5. The van der Waals surface area contributed by atoms with Crippen molar-refractivity contribution in [3.8, 4) is 5.75 Å². The van der Waals surface area contributed by atoms with E-state index in [-0.39, 0.29) is 0 Å². The van der Waals surface area contributed by atoms with Crippen LogP contribution in [0.25, 0.3) is 0 Å². The third-order valence-electron chi connectivity index (χ3n) is 6.05. The van der Waals surface area contributed by atoms with Crippen LogP contribution in [0.5, 0.6) is 5.75 Å². The van der Waals surface area contributed by atoms with Crippen molar-refractivity contribution in [1.29, 1.82) is 0 Å². The van der Waals surface area contributed by atoms with E-state index >= 15 is 0 Å². The van der Waals surface area contributed by atoms with Crippen LogP contribution in [-0.2, 0) is 6.54 Å². The third-order valence-corrected chi connectivity index (χ3v) is 6.55. The van der Waals surface area contributed by atoms with Gasteiger partial charge < -0.3 is 19.4 Å². The van der Waals surface area contributed by atoms with Crippen LogP contribution in [0.1, 0.15) is 25.3 Å². The Balaban J connectivity index is 1.50. The first-order chi connectivity index (χ1) is 11.7. The largest absolute Gasteiger partial charge is 0.496 e. The Bertz CT molecular complexity index is 523. The minimum atomic E-state index is 0.900. The molecule has 0 amide bonds. The Kier molecular flexibility index (Phi) is 6.56. The number of quaternary nitrogens is 3. The number of halogens is 1. The number of likely N-dealkylation sites (N-methyl/N-ethyl adjacent to an activating group) is 1. The molecule has 2 aliphatic heterocycles. The second-order valence-electron chi connectivity index (χ2n) is 7.42. The van der Waals surface area contributed by atoms with Crippen LogP contribution in [-0.4, -0.2) is 59.0 Å². The quantitative estimate of drug-likeness (QED) is 0.570. The van der Waals surface area contributed by atoms with Gasteiger partial charge in [0.15, 0.2) is 0 Å². The molecule has 1 aromatic carbocycles. The van der Waals surface area contributed by atoms with Crippen molar-refractivity contribution in [3.05, 3.63) is 28.2 Å². The van der Waals surface area contributed by atoms with Crippen molar-refractivity contribution in [2.45, 2.75) is 32.4 Å². The molecule has 0 unspecified atom stereocenters. The fourth-order valence-corrected chi connectivity index (χ4v) is 4.86. The molecule has 0 aliphatic carbocycles. The van der Waals surface area contributed by atoms with Crippen molar-refractivity contribution in [2.24, 2.45) is 0 Å². The van der Waals surface area contributed by atoms with E-state index in [4.69, 9.17) is 4.74 Å². The van der Waals surface area contributed by atoms with Gasteiger partial charge in [-0.05, 0) is 25.1 Å². The molecule has 0 radical (unpaired) electrons. The highest BCUT2D eigenvalue weighted by Crippen LogP contribution is 2.22. The SMILES string of the molecule is CC[NH+]1CC[NH+](C2CC[NH+](Cc3cc(Br)ccc3OC)CC2)CC1. The standard InChI is InChI=1S/C19H30BrN3O/c1-3-21-10-12-23(13-11-21)18-6-8-22(9-7-18)15-16-14-17(20)4-5-19(16)24-2/h4-5,14,18H,3,6-13,15H2,1-2H3/p+3. The Labute approximate surface area is 154 Å². The zero-order valence-corrected chi connectivity index (χ0v) is 16.8. The summed E-state index contributed by atoms with van der Waals surface area (Å²) in [5, 5.41) is 0. The van der Waals surface area contributed by atoms with Gasteiger partial charge >= 0.3 is 0 Å². The number of piperazine rings is 1. The zero-order valence-electron chi connectivity index (χ0n) is 15.2. The molecule has 0 aromatic heterocycles. The summed E-state index contributed by atoms with van der Waals surface area (Å²) in [5.41, 5.74) is 1.33. The molecule has 1 aromatic rings. The monoisotopic (exact) mass is 398 g/mol. The van der Waals surface area contributed by atoms with Crippen LogP contribution >= 0.6 is 15.9 Å². The van der Waals surface area contributed by atoms with Crippen molar-refractivity contribution < 1.29 is 19.4 Å². The van der Waals surface area contributed by atoms with Crippen molar-refractivity contribution in [1.82, 2.24) is 0 Å². The fraction of sp³-hybridized carbons (Fsp3) is 0.684. The summed E-state index contributed by atoms with van der Waals surface area (Å²) in [4.78, 5) is 5.38. The molecule has 2 saturated heterocycles. The Morgan fingerprint density at radius 3 is 2.38 bits per heavy atom. The van der Waals surface area contributed by atoms with E-state index in [1.807, 2.05) is 4.90 Å². The molecule has 0 saturated carbocycles. The van der Waals surface area contributed by atoms with Crippen molar-refractivity contribution in [2.75, 3.05) is 52.9 Å². The normalized spacial score (nSPS) is 31.0. The highest BCUT2D eigenvalue weighted by Gasteiger charge is 2.33. The lowest BCUT2D eigenvalue weighted by Gasteiger charge is -2.37. The van der Waals surface area contributed by atoms with Gasteiger partial charge in [-0.25, -0.2) is 0 Å². The van der Waals surface area contributed by atoms with Crippen LogP contribution < -0.4 is 19.4 Å². The third kappa shape index (κ3) is 4.51. The molecule has 2 aliphatic rings. The predicted octanol–water partition coefficient (Wildman–Crippen LogP) is -1.19. The van der Waals surface area contributed by atoms with Crippen molar-refractivity contribution in [3.63, 3.8) is 0 Å². The summed E-state index contributed by atoms with van der Waals surface area (Å²) in [6, 6.07) is 7.25. The summed E-state index contributed by atoms with van der Waals surface area (Å²) >= 11 is 3.59. The topological polar surface area (TPSA) is 22.6 Å². The van der Waals surface area contributed by atoms with Gasteiger partial charge in [-0.3, -0.25) is 0 Å². The molecule has 0 bridgehead atoms. The molecule has 0 atom stereocenters. The van der Waals surface area contributed by atoms with E-state index in [0.29, 0.717) is 0 Å². The van der Waals surface area contributed by atoms with Crippen LogP contribution in [0.4, 0.5) is 0 Å². The average molecular weight is 399 g/mol. The van der Waals surface area contributed by atoms with Gasteiger partial charge in [0.1, 0.15) is 38.5 Å². The molecule has 3 rings (SSSR count). The van der Waals surface area contributed by atoms with E-state index in [0.717, 1.165) is 22.8 Å². The van der Waals surface area contributed by atoms with Gasteiger partial charge in [-0.1, -0.05) is 15.9 Å². The number of nitrogens with one attached hydrogen (secondary N) is 3. The first-order valence-electron chi connectivity index (χ1n) is 9.53. The molecule has 3 N–H and O–H groups in total. The highest BCUT2D eigenvalue weighted by atomic mass is 79.9. The van der Waals surface area contributed by atoms with Crippen LogP contribution in [0.2, 0.25) is 0 Å². The molecule has 2 heterocycles. The minimum Gasteiger partial charge on any atom is -0.496 e. The van der Waals surface area contributed by atoms with E-state index in [1.165, 1.54) is 64.2 Å². The number of hydrogen-bond acceptors (Lipinski definition) is 1. The Morgan fingerprint density at radius 1 is 1.04 bits per heavy atom. The summed E-state index contributed by atoms with van der Waals surface area (Å²) in [5.74, 6) is 1.03. The summed E-state index contributed by atoms with van der Waals surface area (Å²) < 4.78 is 6.68. The second-order valence-corrected chi connectivity index (χ2v) is 8.33. The summed E-state index contributed by atoms with van der Waals surface area (Å²) in [6.07, 6.45) is 2.75. The molecular formula is C19H33BrN3O+3. The lowest BCUT2D eigenvalue weighted by Crippen LogP contribution is -3.30. The first-order valence-corrected chi connectivity index (χ1v) is 10.3. The number of likely N-dealkylation sites (tertiary alicyclic amines) is 1. The molecule has 134 valence electrons. The summed E-state index contributed by atoms with van der Waals surface area (Å²) in [7, 11) is 1.77. The van der Waals surface area contributed by atoms with Crippen LogP contribution in [0.3, 0.4) is 0 Å². The van der Waals surface area contributed by atoms with Gasteiger partial charge in [0, 0.05) is 22.9 Å². The lowest BCUT2D eigenvalue weighted by atomic mass is 10.0. The molecule has 24 heavy (non-hydrogen) atoms. The predicted molar refractivity (Wildman–Crippen MR) is 100 cm³/mol. The summed E-state index contributed by atoms with van der Waals surface area (Å²) in [6.45, 7) is 12.8. The van der Waals surface area contributed by atoms with Gasteiger partial charge in [-0.15, -0.1) is 0 Å². The van der Waals surface area contributed by atoms with E-state index in [1.54, 1.807) is 16.9 Å². The maximum atomic E-state index is 5.54. The maximum Gasteiger partial charge on any atom is 0.127 e. The smallest absolute Gasteiger partial charge is 0.127 e.